The number of likely N-dealkylation sites (N-methyl/N-ethyl adjacent to an activating group) is 1. The number of aliphatic hydroxyl groups is 1. The number of fused-ring (bicyclic) bond motifs is 1. The smallest absolute Gasteiger partial charge is 0.263 e. The minimum Gasteiger partial charge on any atom is -0.375 e. The van der Waals surface area contributed by atoms with Gasteiger partial charge in [0.1, 0.15) is 0 Å². The molecule has 0 radical (unpaired) electrons. The number of amides is 1. The molecule has 1 amide bonds. The van der Waals surface area contributed by atoms with E-state index in [9.17, 15) is 9.90 Å². The van der Waals surface area contributed by atoms with Crippen molar-refractivity contribution < 1.29 is 9.90 Å². The molecule has 0 saturated heterocycles. The van der Waals surface area contributed by atoms with Gasteiger partial charge in [-0.2, -0.15) is 0 Å². The summed E-state index contributed by atoms with van der Waals surface area (Å²) in [6, 6.07) is 5.59. The van der Waals surface area contributed by atoms with Crippen molar-refractivity contribution in [2.45, 2.75) is 18.9 Å². The van der Waals surface area contributed by atoms with Crippen molar-refractivity contribution in [1.82, 2.24) is 0 Å². The fourth-order valence-electron chi connectivity index (χ4n) is 2.34. The highest BCUT2D eigenvalue weighted by atomic mass is 16.3. The quantitative estimate of drug-likeness (QED) is 0.766. The van der Waals surface area contributed by atoms with Crippen LogP contribution < -0.4 is 4.90 Å². The molecular weight excluding hydrogens is 202 g/mol. The molecule has 3 heteroatoms. The van der Waals surface area contributed by atoms with Gasteiger partial charge in [-0.05, 0) is 12.5 Å². The fraction of sp³-hybridized carbons (Fsp3) is 0.308. The average Bonchev–Trinajstić information content (AvgIpc) is 2.43. The van der Waals surface area contributed by atoms with Crippen LogP contribution in [0.4, 0.5) is 5.69 Å². The Morgan fingerprint density at radius 1 is 1.56 bits per heavy atom. The number of hydrogen-bond acceptors (Lipinski definition) is 2. The van der Waals surface area contributed by atoms with E-state index in [1.165, 1.54) is 4.90 Å². The van der Waals surface area contributed by atoms with Crippen LogP contribution in [0.15, 0.2) is 30.9 Å². The first-order chi connectivity index (χ1) is 7.52. The SMILES string of the molecule is C=CC[C@]1(O)C(=O)N(C)c2c(C)cccc21. The monoisotopic (exact) mass is 217 g/mol. The highest BCUT2D eigenvalue weighted by Gasteiger charge is 2.47. The molecule has 3 nitrogen and oxygen atoms in total. The van der Waals surface area contributed by atoms with Gasteiger partial charge in [0.2, 0.25) is 0 Å². The van der Waals surface area contributed by atoms with Gasteiger partial charge >= 0.3 is 0 Å². The summed E-state index contributed by atoms with van der Waals surface area (Å²) in [7, 11) is 1.69. The van der Waals surface area contributed by atoms with Crippen LogP contribution in [0, 0.1) is 6.92 Å². The summed E-state index contributed by atoms with van der Waals surface area (Å²) in [4.78, 5) is 13.6. The van der Waals surface area contributed by atoms with Crippen LogP contribution in [0.2, 0.25) is 0 Å². The standard InChI is InChI=1S/C13H15NO2/c1-4-8-13(16)10-7-5-6-9(2)11(10)14(3)12(13)15/h4-7,16H,1,8H2,2-3H3/t13-/m1/s1. The van der Waals surface area contributed by atoms with Gasteiger partial charge in [-0.3, -0.25) is 4.79 Å². The third-order valence-electron chi connectivity index (χ3n) is 3.12. The molecule has 1 aliphatic rings. The van der Waals surface area contributed by atoms with Crippen molar-refractivity contribution >= 4 is 11.6 Å². The third-order valence-corrected chi connectivity index (χ3v) is 3.12. The van der Waals surface area contributed by atoms with E-state index in [4.69, 9.17) is 0 Å². The lowest BCUT2D eigenvalue weighted by atomic mass is 9.91. The zero-order valence-corrected chi connectivity index (χ0v) is 9.53. The van der Waals surface area contributed by atoms with Gasteiger partial charge in [0.15, 0.2) is 5.60 Å². The lowest BCUT2D eigenvalue weighted by Gasteiger charge is -2.19. The second-order valence-electron chi connectivity index (χ2n) is 4.19. The Morgan fingerprint density at radius 2 is 2.25 bits per heavy atom. The number of carbonyl (C=O) groups excluding carboxylic acids is 1. The normalized spacial score (nSPS) is 23.4. The molecule has 0 fully saturated rings. The van der Waals surface area contributed by atoms with Crippen LogP contribution in [-0.4, -0.2) is 18.1 Å². The van der Waals surface area contributed by atoms with Gasteiger partial charge in [0, 0.05) is 19.0 Å². The Bertz CT molecular complexity index is 467. The second-order valence-corrected chi connectivity index (χ2v) is 4.19. The van der Waals surface area contributed by atoms with E-state index in [1.54, 1.807) is 19.2 Å². The van der Waals surface area contributed by atoms with Crippen molar-refractivity contribution in [2.75, 3.05) is 11.9 Å². The average molecular weight is 217 g/mol. The van der Waals surface area contributed by atoms with Crippen LogP contribution >= 0.6 is 0 Å². The molecule has 0 aliphatic carbocycles. The van der Waals surface area contributed by atoms with Gasteiger partial charge in [-0.15, -0.1) is 6.58 Å². The first-order valence-corrected chi connectivity index (χ1v) is 5.24. The van der Waals surface area contributed by atoms with Crippen molar-refractivity contribution in [2.24, 2.45) is 0 Å². The maximum atomic E-state index is 12.1. The lowest BCUT2D eigenvalue weighted by molar-refractivity contribution is -0.135. The molecule has 1 atom stereocenters. The molecule has 0 bridgehead atoms. The summed E-state index contributed by atoms with van der Waals surface area (Å²) in [5.74, 6) is -0.281. The van der Waals surface area contributed by atoms with E-state index in [-0.39, 0.29) is 12.3 Å². The third kappa shape index (κ3) is 1.21. The number of benzene rings is 1. The number of anilines is 1. The highest BCUT2D eigenvalue weighted by Crippen LogP contribution is 2.43. The predicted octanol–water partition coefficient (Wildman–Crippen LogP) is 1.74. The molecule has 16 heavy (non-hydrogen) atoms. The van der Waals surface area contributed by atoms with Gasteiger partial charge in [-0.1, -0.05) is 24.3 Å². The molecule has 0 saturated carbocycles. The van der Waals surface area contributed by atoms with Crippen molar-refractivity contribution in [3.05, 3.63) is 42.0 Å². The topological polar surface area (TPSA) is 40.5 Å². The van der Waals surface area contributed by atoms with Crippen LogP contribution in [0.1, 0.15) is 17.5 Å². The van der Waals surface area contributed by atoms with E-state index in [0.29, 0.717) is 5.56 Å². The summed E-state index contributed by atoms with van der Waals surface area (Å²) in [5, 5.41) is 10.4. The van der Waals surface area contributed by atoms with Crippen molar-refractivity contribution in [1.29, 1.82) is 0 Å². The van der Waals surface area contributed by atoms with E-state index in [1.807, 2.05) is 19.1 Å². The maximum absolute atomic E-state index is 12.1. The van der Waals surface area contributed by atoms with E-state index >= 15 is 0 Å². The highest BCUT2D eigenvalue weighted by molar-refractivity contribution is 6.07. The molecule has 84 valence electrons. The van der Waals surface area contributed by atoms with Crippen molar-refractivity contribution in [3.63, 3.8) is 0 Å². The van der Waals surface area contributed by atoms with Gasteiger partial charge in [-0.25, -0.2) is 0 Å². The van der Waals surface area contributed by atoms with Crippen LogP contribution in [0.3, 0.4) is 0 Å². The van der Waals surface area contributed by atoms with Crippen LogP contribution in [-0.2, 0) is 10.4 Å². The summed E-state index contributed by atoms with van der Waals surface area (Å²) in [6.45, 7) is 5.53. The van der Waals surface area contributed by atoms with E-state index in [0.717, 1.165) is 11.3 Å². The predicted molar refractivity (Wildman–Crippen MR) is 63.3 cm³/mol. The fourth-order valence-corrected chi connectivity index (χ4v) is 2.34. The molecule has 0 spiro atoms. The Balaban J connectivity index is 2.67. The Hall–Kier alpha value is -1.61. The number of para-hydroxylation sites is 1. The molecule has 0 aromatic heterocycles. The first-order valence-electron chi connectivity index (χ1n) is 5.24. The summed E-state index contributed by atoms with van der Waals surface area (Å²) >= 11 is 0. The molecule has 1 N–H and O–H groups in total. The molecule has 1 aromatic carbocycles. The molecular formula is C13H15NO2. The van der Waals surface area contributed by atoms with Crippen molar-refractivity contribution in [3.8, 4) is 0 Å². The number of nitrogens with zero attached hydrogens (tertiary/aromatic N) is 1. The Labute approximate surface area is 95.0 Å². The Kier molecular flexibility index (Phi) is 2.35. The molecule has 1 aliphatic heterocycles. The van der Waals surface area contributed by atoms with Gasteiger partial charge in [0.05, 0.1) is 5.69 Å². The maximum Gasteiger partial charge on any atom is 0.263 e. The molecule has 0 unspecified atom stereocenters. The van der Waals surface area contributed by atoms with E-state index < -0.39 is 5.60 Å². The number of carbonyl (C=O) groups is 1. The number of rotatable bonds is 2. The zero-order valence-electron chi connectivity index (χ0n) is 9.53. The molecule has 1 aromatic rings. The summed E-state index contributed by atoms with van der Waals surface area (Å²) in [6.07, 6.45) is 1.82. The van der Waals surface area contributed by atoms with Crippen LogP contribution in [0.5, 0.6) is 0 Å². The minimum atomic E-state index is -1.43. The lowest BCUT2D eigenvalue weighted by Crippen LogP contribution is -2.38. The largest absolute Gasteiger partial charge is 0.375 e. The number of aryl methyl sites for hydroxylation is 1. The number of hydrogen-bond donors (Lipinski definition) is 1. The second kappa shape index (κ2) is 3.46. The first kappa shape index (κ1) is 10.9. The van der Waals surface area contributed by atoms with Crippen LogP contribution in [0.25, 0.3) is 0 Å². The van der Waals surface area contributed by atoms with Gasteiger partial charge in [0.25, 0.3) is 5.91 Å². The molecule has 1 heterocycles. The Morgan fingerprint density at radius 3 is 2.88 bits per heavy atom. The van der Waals surface area contributed by atoms with E-state index in [2.05, 4.69) is 6.58 Å². The summed E-state index contributed by atoms with van der Waals surface area (Å²) < 4.78 is 0. The molecule has 2 rings (SSSR count). The minimum absolute atomic E-state index is 0.243. The van der Waals surface area contributed by atoms with Gasteiger partial charge < -0.3 is 10.0 Å². The summed E-state index contributed by atoms with van der Waals surface area (Å²) in [5.41, 5.74) is 1.06. The zero-order chi connectivity index (χ0) is 11.9.